The van der Waals surface area contributed by atoms with Crippen molar-refractivity contribution < 1.29 is 96.3 Å². The molecule has 0 atom stereocenters. The summed E-state index contributed by atoms with van der Waals surface area (Å²) in [5.74, 6) is -3.38. The van der Waals surface area contributed by atoms with Gasteiger partial charge in [-0.05, 0) is 80.4 Å². The molecule has 59 heavy (non-hydrogen) atoms. The summed E-state index contributed by atoms with van der Waals surface area (Å²) < 4.78 is 70.2. The first-order valence-electron chi connectivity index (χ1n) is 19.6. The van der Waals surface area contributed by atoms with Gasteiger partial charge in [-0.3, -0.25) is 19.4 Å². The van der Waals surface area contributed by atoms with Gasteiger partial charge in [0.05, 0.1) is 25.7 Å². The van der Waals surface area contributed by atoms with Crippen LogP contribution < -0.4 is 56.3 Å². The van der Waals surface area contributed by atoms with Crippen molar-refractivity contribution in [2.24, 2.45) is 5.92 Å². The van der Waals surface area contributed by atoms with E-state index in [9.17, 15) is 40.3 Å². The van der Waals surface area contributed by atoms with Crippen LogP contribution in [0.4, 0.5) is 16.2 Å². The van der Waals surface area contributed by atoms with Crippen molar-refractivity contribution in [1.29, 1.82) is 0 Å². The van der Waals surface area contributed by atoms with E-state index < -0.39 is 66.3 Å². The first kappa shape index (κ1) is 47.0. The number of carbonyl (C=O) groups excluding carboxylic acids is 3. The Morgan fingerprint density at radius 1 is 0.746 bits per heavy atom. The van der Waals surface area contributed by atoms with E-state index >= 15 is 0 Å². The van der Waals surface area contributed by atoms with Crippen molar-refractivity contribution in [2.45, 2.75) is 77.0 Å². The second-order valence-corrected chi connectivity index (χ2v) is 19.5. The first-order chi connectivity index (χ1) is 27.1. The monoisotopic (exact) mass is 870 g/mol. The van der Waals surface area contributed by atoms with Gasteiger partial charge >= 0.3 is 57.4 Å². The van der Waals surface area contributed by atoms with Crippen molar-refractivity contribution >= 4 is 55.2 Å². The quantitative estimate of drug-likeness (QED) is 0.0902. The predicted octanol–water partition coefficient (Wildman–Crippen LogP) is 2.64. The normalized spacial score (nSPS) is 20.8. The van der Waals surface area contributed by atoms with Crippen molar-refractivity contribution in [3.05, 3.63) is 106 Å². The number of fused-ring (bicyclic) bond motifs is 2. The minimum atomic E-state index is -4.35. The fraction of sp³-hybridized carbons (Fsp3) is 0.442. The van der Waals surface area contributed by atoms with Crippen molar-refractivity contribution in [1.82, 2.24) is 9.80 Å². The van der Waals surface area contributed by atoms with Crippen LogP contribution in [0.5, 0.6) is 0 Å². The van der Waals surface area contributed by atoms with Gasteiger partial charge in [-0.1, -0.05) is 62.4 Å². The number of imide groups is 2. The second kappa shape index (κ2) is 18.1. The molecule has 2 aromatic carbocycles. The SMILES string of the molecule is CN1C(=O)C(C2=C(/C=C/C3=[N+](CCCCS(=O)(=O)[O-])c4ccccc4C3(C)C)CC/C2=C\C=C2\N(CCCCS(=O)(=O)[O-])c3ccccc3C2(C)C)C(=O)N(C)C1=O.[K+]. The number of hydrogen-bond acceptors (Lipinski definition) is 10. The van der Waals surface area contributed by atoms with Crippen LogP contribution in [-0.2, 0) is 40.7 Å². The average molecular weight is 871 g/mol. The summed E-state index contributed by atoms with van der Waals surface area (Å²) in [5.41, 5.74) is 7.13. The van der Waals surface area contributed by atoms with Gasteiger partial charge in [0.25, 0.3) is 0 Å². The third-order valence-corrected chi connectivity index (χ3v) is 13.5. The smallest absolute Gasteiger partial charge is 0.748 e. The third-order valence-electron chi connectivity index (χ3n) is 11.9. The van der Waals surface area contributed by atoms with E-state index in [0.717, 1.165) is 54.9 Å². The van der Waals surface area contributed by atoms with Gasteiger partial charge in [-0.2, -0.15) is 4.58 Å². The summed E-state index contributed by atoms with van der Waals surface area (Å²) in [6, 6.07) is 15.2. The molecule has 13 nitrogen and oxygen atoms in total. The molecule has 1 fully saturated rings. The van der Waals surface area contributed by atoms with Crippen LogP contribution in [0, 0.1) is 5.92 Å². The number of rotatable bonds is 14. The maximum absolute atomic E-state index is 13.9. The predicted molar refractivity (Wildman–Crippen MR) is 220 cm³/mol. The van der Waals surface area contributed by atoms with Crippen LogP contribution in [0.25, 0.3) is 0 Å². The molecule has 6 rings (SSSR count). The van der Waals surface area contributed by atoms with Gasteiger partial charge in [-0.15, -0.1) is 0 Å². The van der Waals surface area contributed by atoms with Crippen molar-refractivity contribution in [3.63, 3.8) is 0 Å². The zero-order valence-corrected chi connectivity index (χ0v) is 39.6. The molecular formula is C43H51KN4O9S2. The largest absolute Gasteiger partial charge is 1.00 e. The summed E-state index contributed by atoms with van der Waals surface area (Å²) in [5, 5.41) is 0. The van der Waals surface area contributed by atoms with Gasteiger partial charge in [0, 0.05) is 73.1 Å². The zero-order valence-electron chi connectivity index (χ0n) is 34.9. The molecule has 0 saturated carbocycles. The molecule has 0 N–H and O–H groups in total. The Labute approximate surface area is 390 Å². The summed E-state index contributed by atoms with van der Waals surface area (Å²) in [7, 11) is -5.95. The molecule has 4 amide bonds. The Morgan fingerprint density at radius 3 is 1.95 bits per heavy atom. The van der Waals surface area contributed by atoms with E-state index in [4.69, 9.17) is 0 Å². The van der Waals surface area contributed by atoms with Gasteiger partial charge in [-0.25, -0.2) is 21.6 Å². The minimum Gasteiger partial charge on any atom is -0.748 e. The number of nitrogens with zero attached hydrogens (tertiary/aromatic N) is 4. The maximum Gasteiger partial charge on any atom is 1.00 e. The number of para-hydroxylation sites is 2. The van der Waals surface area contributed by atoms with Crippen LogP contribution in [0.15, 0.2) is 95.3 Å². The van der Waals surface area contributed by atoms with Crippen LogP contribution >= 0.6 is 0 Å². The Balaban J connectivity index is 0.00000661. The first-order valence-corrected chi connectivity index (χ1v) is 22.7. The van der Waals surface area contributed by atoms with Crippen LogP contribution in [0.3, 0.4) is 0 Å². The number of allylic oxidation sites excluding steroid dienone is 7. The number of amides is 4. The third kappa shape index (κ3) is 9.71. The molecule has 3 heterocycles. The number of unbranched alkanes of at least 4 members (excludes halogenated alkanes) is 2. The Hall–Kier alpha value is -3.06. The van der Waals surface area contributed by atoms with E-state index in [1.54, 1.807) is 0 Å². The van der Waals surface area contributed by atoms with Crippen LogP contribution in [0.2, 0.25) is 0 Å². The molecule has 0 aromatic heterocycles. The van der Waals surface area contributed by atoms with Gasteiger partial charge in [0.15, 0.2) is 5.71 Å². The molecule has 1 aliphatic carbocycles. The summed E-state index contributed by atoms with van der Waals surface area (Å²) >= 11 is 0. The number of benzene rings is 2. The van der Waals surface area contributed by atoms with Crippen molar-refractivity contribution in [2.75, 3.05) is 43.6 Å². The minimum absolute atomic E-state index is 0. The van der Waals surface area contributed by atoms with Crippen molar-refractivity contribution in [3.8, 4) is 0 Å². The summed E-state index contributed by atoms with van der Waals surface area (Å²) in [4.78, 5) is 44.8. The summed E-state index contributed by atoms with van der Waals surface area (Å²) in [6.07, 6.45) is 10.3. The molecule has 0 bridgehead atoms. The number of barbiturate groups is 1. The Kier molecular flexibility index (Phi) is 14.4. The topological polar surface area (TPSA) is 178 Å². The fourth-order valence-corrected chi connectivity index (χ4v) is 9.95. The summed E-state index contributed by atoms with van der Waals surface area (Å²) in [6.45, 7) is 9.35. The zero-order chi connectivity index (χ0) is 42.4. The standard InChI is InChI=1S/C43H52N4O9S2.K/c1-42(2)31-15-7-9-17-33(31)46(25-11-13-27-57(51,52)53)35(42)23-21-29-19-20-30(37(29)38-39(48)44(5)41(50)45(6)40(38)49)22-24-36-43(3,4)32-16-8-10-18-34(32)47(36)26-12-14-28-58(54,55)56;/h7-10,15-18,21-24,38H,11-14,19-20,25-28H2,1-6H3,(H-,51,52,53,54,55,56);/q;+1/p-1. The van der Waals surface area contributed by atoms with Crippen LogP contribution in [0.1, 0.15) is 77.3 Å². The molecular weight excluding hydrogens is 820 g/mol. The van der Waals surface area contributed by atoms with Gasteiger partial charge in [0.2, 0.25) is 17.5 Å². The molecule has 2 aromatic rings. The Bertz CT molecular complexity index is 2410. The van der Waals surface area contributed by atoms with Gasteiger partial charge in [0.1, 0.15) is 12.5 Å². The number of urea groups is 1. The second-order valence-electron chi connectivity index (χ2n) is 16.4. The van der Waals surface area contributed by atoms with E-state index in [0.29, 0.717) is 44.3 Å². The van der Waals surface area contributed by atoms with E-state index in [-0.39, 0.29) is 64.2 Å². The maximum atomic E-state index is 13.9. The fourth-order valence-electron chi connectivity index (χ4n) is 8.84. The molecule has 310 valence electrons. The van der Waals surface area contributed by atoms with Crippen LogP contribution in [-0.4, -0.2) is 103 Å². The van der Waals surface area contributed by atoms with E-state index in [1.165, 1.54) is 14.1 Å². The molecule has 4 aliphatic rings. The number of carbonyl (C=O) groups is 3. The molecule has 16 heteroatoms. The van der Waals surface area contributed by atoms with E-state index in [2.05, 4.69) is 49.3 Å². The molecule has 0 spiro atoms. The number of hydrogen-bond donors (Lipinski definition) is 0. The molecule has 0 radical (unpaired) electrons. The molecule has 1 saturated heterocycles. The number of anilines is 1. The molecule has 3 aliphatic heterocycles. The Morgan fingerprint density at radius 2 is 1.32 bits per heavy atom. The van der Waals surface area contributed by atoms with E-state index in [1.807, 2.05) is 60.7 Å². The van der Waals surface area contributed by atoms with Gasteiger partial charge < -0.3 is 14.0 Å². The average Bonchev–Trinajstić information content (AvgIpc) is 3.72. The molecule has 0 unspecified atom stereocenters.